The Morgan fingerprint density at radius 2 is 1.73 bits per heavy atom. The van der Waals surface area contributed by atoms with Crippen molar-refractivity contribution < 1.29 is 14.7 Å². The van der Waals surface area contributed by atoms with Gasteiger partial charge < -0.3 is 10.0 Å². The third kappa shape index (κ3) is 3.64. The minimum atomic E-state index is -0.932. The lowest BCUT2D eigenvalue weighted by molar-refractivity contribution is -0.134. The van der Waals surface area contributed by atoms with Crippen molar-refractivity contribution in [1.82, 2.24) is 4.90 Å². The number of hydrogen-bond donors (Lipinski definition) is 1. The average Bonchev–Trinajstić information content (AvgIpc) is 2.95. The zero-order chi connectivity index (χ0) is 18.7. The third-order valence-electron chi connectivity index (χ3n) is 5.52. The molecule has 0 aromatic heterocycles. The molecule has 4 heteroatoms. The molecule has 2 aromatic carbocycles. The maximum absolute atomic E-state index is 12.8. The summed E-state index contributed by atoms with van der Waals surface area (Å²) in [6, 6.07) is 17.2. The lowest BCUT2D eigenvalue weighted by Crippen LogP contribution is -2.45. The van der Waals surface area contributed by atoms with Crippen LogP contribution in [0.25, 0.3) is 0 Å². The van der Waals surface area contributed by atoms with Gasteiger partial charge in [0.15, 0.2) is 0 Å². The van der Waals surface area contributed by atoms with Crippen LogP contribution in [-0.2, 0) is 11.2 Å². The first-order chi connectivity index (χ1) is 12.4. The molecule has 1 amide bonds. The fourth-order valence-corrected chi connectivity index (χ4v) is 3.99. The number of carboxylic acids is 1. The molecule has 1 N–H and O–H groups in total. The Morgan fingerprint density at radius 1 is 1.08 bits per heavy atom. The number of amides is 1. The zero-order valence-electron chi connectivity index (χ0n) is 15.3. The van der Waals surface area contributed by atoms with Gasteiger partial charge in [0.1, 0.15) is 0 Å². The van der Waals surface area contributed by atoms with Crippen LogP contribution in [0.5, 0.6) is 0 Å². The second-order valence-electron chi connectivity index (χ2n) is 7.45. The van der Waals surface area contributed by atoms with Crippen LogP contribution < -0.4 is 0 Å². The van der Waals surface area contributed by atoms with Crippen LogP contribution in [0.2, 0.25) is 0 Å². The van der Waals surface area contributed by atoms with E-state index in [4.69, 9.17) is 5.11 Å². The van der Waals surface area contributed by atoms with Crippen LogP contribution in [0.1, 0.15) is 54.1 Å². The van der Waals surface area contributed by atoms with Gasteiger partial charge in [-0.3, -0.25) is 4.79 Å². The molecule has 1 fully saturated rings. The van der Waals surface area contributed by atoms with E-state index in [1.165, 1.54) is 5.56 Å². The molecule has 2 aromatic rings. The molecular formula is C22H25NO3. The molecular weight excluding hydrogens is 326 g/mol. The topological polar surface area (TPSA) is 57.6 Å². The van der Waals surface area contributed by atoms with Gasteiger partial charge in [-0.1, -0.05) is 42.5 Å². The maximum Gasteiger partial charge on any atom is 0.335 e. The molecule has 1 saturated heterocycles. The number of hydrogen-bond acceptors (Lipinski definition) is 2. The SMILES string of the molecule is CC1(C)C(c2ccccc2)CCN1C(=O)CCc1ccc(C(=O)O)cc1. The van der Waals surface area contributed by atoms with Crippen LogP contribution in [0.3, 0.4) is 0 Å². The first-order valence-corrected chi connectivity index (χ1v) is 9.07. The van der Waals surface area contributed by atoms with E-state index in [1.54, 1.807) is 24.3 Å². The Kier molecular flexibility index (Phi) is 5.12. The molecule has 4 nitrogen and oxygen atoms in total. The average molecular weight is 351 g/mol. The summed E-state index contributed by atoms with van der Waals surface area (Å²) in [6.07, 6.45) is 2.05. The van der Waals surface area contributed by atoms with Crippen molar-refractivity contribution in [3.8, 4) is 0 Å². The standard InChI is InChI=1S/C22H25NO3/c1-22(2)19(17-6-4-3-5-7-17)14-15-23(22)20(24)13-10-16-8-11-18(12-9-16)21(25)26/h3-9,11-12,19H,10,13-15H2,1-2H3,(H,25,26). The van der Waals surface area contributed by atoms with Crippen molar-refractivity contribution >= 4 is 11.9 Å². The number of carbonyl (C=O) groups is 2. The molecule has 0 aliphatic carbocycles. The van der Waals surface area contributed by atoms with Gasteiger partial charge in [-0.15, -0.1) is 0 Å². The largest absolute Gasteiger partial charge is 0.478 e. The first-order valence-electron chi connectivity index (χ1n) is 9.07. The van der Waals surface area contributed by atoms with E-state index in [1.807, 2.05) is 11.0 Å². The summed E-state index contributed by atoms with van der Waals surface area (Å²) >= 11 is 0. The van der Waals surface area contributed by atoms with Crippen LogP contribution >= 0.6 is 0 Å². The minimum absolute atomic E-state index is 0.163. The van der Waals surface area contributed by atoms with Gasteiger partial charge in [0.05, 0.1) is 5.56 Å². The molecule has 26 heavy (non-hydrogen) atoms. The number of aromatic carboxylic acids is 1. The predicted molar refractivity (Wildman–Crippen MR) is 101 cm³/mol. The predicted octanol–water partition coefficient (Wildman–Crippen LogP) is 4.11. The number of rotatable bonds is 5. The molecule has 0 radical (unpaired) electrons. The van der Waals surface area contributed by atoms with Gasteiger partial charge >= 0.3 is 5.97 Å². The number of carboxylic acid groups (broad SMARTS) is 1. The summed E-state index contributed by atoms with van der Waals surface area (Å²) in [7, 11) is 0. The molecule has 1 heterocycles. The minimum Gasteiger partial charge on any atom is -0.478 e. The van der Waals surface area contributed by atoms with Gasteiger partial charge in [-0.2, -0.15) is 0 Å². The van der Waals surface area contributed by atoms with Gasteiger partial charge in [0.2, 0.25) is 5.91 Å². The maximum atomic E-state index is 12.8. The monoisotopic (exact) mass is 351 g/mol. The summed E-state index contributed by atoms with van der Waals surface area (Å²) in [5.74, 6) is -0.420. The summed E-state index contributed by atoms with van der Waals surface area (Å²) in [6.45, 7) is 5.08. The summed E-state index contributed by atoms with van der Waals surface area (Å²) < 4.78 is 0. The molecule has 136 valence electrons. The van der Waals surface area contributed by atoms with E-state index in [9.17, 15) is 9.59 Å². The van der Waals surface area contributed by atoms with Crippen molar-refractivity contribution in [2.45, 2.75) is 44.6 Å². The summed E-state index contributed by atoms with van der Waals surface area (Å²) in [5.41, 5.74) is 2.34. The Morgan fingerprint density at radius 3 is 2.35 bits per heavy atom. The van der Waals surface area contributed by atoms with E-state index in [-0.39, 0.29) is 17.0 Å². The lowest BCUT2D eigenvalue weighted by Gasteiger charge is -2.36. The van der Waals surface area contributed by atoms with Gasteiger partial charge in [-0.25, -0.2) is 4.79 Å². The second-order valence-corrected chi connectivity index (χ2v) is 7.45. The third-order valence-corrected chi connectivity index (χ3v) is 5.52. The molecule has 1 atom stereocenters. The quantitative estimate of drug-likeness (QED) is 0.882. The highest BCUT2D eigenvalue weighted by molar-refractivity contribution is 5.87. The number of aryl methyl sites for hydroxylation is 1. The molecule has 0 spiro atoms. The number of nitrogens with zero attached hydrogens (tertiary/aromatic N) is 1. The van der Waals surface area contributed by atoms with Gasteiger partial charge in [0.25, 0.3) is 0 Å². The number of benzene rings is 2. The highest BCUT2D eigenvalue weighted by Crippen LogP contribution is 2.42. The van der Waals surface area contributed by atoms with Crippen molar-refractivity contribution in [3.63, 3.8) is 0 Å². The van der Waals surface area contributed by atoms with E-state index in [0.717, 1.165) is 18.5 Å². The smallest absolute Gasteiger partial charge is 0.335 e. The van der Waals surface area contributed by atoms with E-state index >= 15 is 0 Å². The van der Waals surface area contributed by atoms with E-state index < -0.39 is 5.97 Å². The molecule has 0 bridgehead atoms. The van der Waals surface area contributed by atoms with Crippen LogP contribution in [0, 0.1) is 0 Å². The van der Waals surface area contributed by atoms with E-state index in [2.05, 4.69) is 38.1 Å². The highest BCUT2D eigenvalue weighted by Gasteiger charge is 2.43. The second kappa shape index (κ2) is 7.32. The number of likely N-dealkylation sites (tertiary alicyclic amines) is 1. The van der Waals surface area contributed by atoms with Crippen molar-refractivity contribution in [3.05, 3.63) is 71.3 Å². The normalized spacial score (nSPS) is 18.7. The Balaban J connectivity index is 1.64. The van der Waals surface area contributed by atoms with Gasteiger partial charge in [-0.05, 0) is 49.9 Å². The zero-order valence-corrected chi connectivity index (χ0v) is 15.3. The van der Waals surface area contributed by atoms with Crippen molar-refractivity contribution in [2.75, 3.05) is 6.54 Å². The first kappa shape index (κ1) is 18.2. The molecule has 1 aliphatic heterocycles. The van der Waals surface area contributed by atoms with Gasteiger partial charge in [0, 0.05) is 24.4 Å². The summed E-state index contributed by atoms with van der Waals surface area (Å²) in [4.78, 5) is 25.7. The van der Waals surface area contributed by atoms with E-state index in [0.29, 0.717) is 18.8 Å². The van der Waals surface area contributed by atoms with Crippen LogP contribution in [0.15, 0.2) is 54.6 Å². The molecule has 3 rings (SSSR count). The van der Waals surface area contributed by atoms with Crippen LogP contribution in [-0.4, -0.2) is 34.0 Å². The lowest BCUT2D eigenvalue weighted by atomic mass is 9.82. The Bertz CT molecular complexity index is 781. The Labute approximate surface area is 154 Å². The molecule has 1 unspecified atom stereocenters. The van der Waals surface area contributed by atoms with Crippen molar-refractivity contribution in [1.29, 1.82) is 0 Å². The highest BCUT2D eigenvalue weighted by atomic mass is 16.4. The van der Waals surface area contributed by atoms with Crippen molar-refractivity contribution in [2.24, 2.45) is 0 Å². The fourth-order valence-electron chi connectivity index (χ4n) is 3.99. The fraction of sp³-hybridized carbons (Fsp3) is 0.364. The Hall–Kier alpha value is -2.62. The van der Waals surface area contributed by atoms with Crippen LogP contribution in [0.4, 0.5) is 0 Å². The summed E-state index contributed by atoms with van der Waals surface area (Å²) in [5, 5.41) is 8.95. The molecule has 1 aliphatic rings. The molecule has 0 saturated carbocycles. The number of carbonyl (C=O) groups excluding carboxylic acids is 1.